The maximum absolute atomic E-state index is 10.0. The van der Waals surface area contributed by atoms with Gasteiger partial charge in [-0.1, -0.05) is 0 Å². The monoisotopic (exact) mass is 427 g/mol. The van der Waals surface area contributed by atoms with Crippen molar-refractivity contribution in [3.05, 3.63) is 57.1 Å². The maximum Gasteiger partial charge on any atom is 0.172 e. The van der Waals surface area contributed by atoms with E-state index in [4.69, 9.17) is 4.74 Å². The third-order valence-corrected chi connectivity index (χ3v) is 4.97. The van der Waals surface area contributed by atoms with Gasteiger partial charge in [-0.25, -0.2) is 4.98 Å². The fraction of sp³-hybridized carbons (Fsp3) is 0.105. The quantitative estimate of drug-likeness (QED) is 0.570. The number of thiazole rings is 1. The Morgan fingerprint density at radius 3 is 2.85 bits per heavy atom. The number of pyridine rings is 1. The van der Waals surface area contributed by atoms with Crippen LogP contribution in [0.5, 0.6) is 11.5 Å². The van der Waals surface area contributed by atoms with Gasteiger partial charge >= 0.3 is 0 Å². The highest BCUT2D eigenvalue weighted by molar-refractivity contribution is 9.10. The molecule has 0 saturated carbocycles. The molecule has 1 aromatic carbocycles. The minimum absolute atomic E-state index is 0.0386. The molecular weight excluding hydrogens is 414 g/mol. The molecule has 2 aromatic heterocycles. The predicted octanol–water partition coefficient (Wildman–Crippen LogP) is 5.14. The Morgan fingerprint density at radius 2 is 2.15 bits per heavy atom. The molecule has 1 N–H and O–H groups in total. The van der Waals surface area contributed by atoms with Crippen LogP contribution < -0.4 is 4.74 Å². The predicted molar refractivity (Wildman–Crippen MR) is 106 cm³/mol. The number of phenolic OH excluding ortho intramolecular Hbond substituents is 1. The third kappa shape index (κ3) is 3.93. The lowest BCUT2D eigenvalue weighted by atomic mass is 10.1. The first-order valence-electron chi connectivity index (χ1n) is 7.75. The lowest BCUT2D eigenvalue weighted by Crippen LogP contribution is -1.93. The number of nitrogens with zero attached hydrogens (tertiary/aromatic N) is 3. The minimum atomic E-state index is 0.0386. The number of allylic oxidation sites excluding steroid dienone is 1. The Kier molecular flexibility index (Phi) is 5.66. The van der Waals surface area contributed by atoms with Gasteiger partial charge in [-0.05, 0) is 58.8 Å². The lowest BCUT2D eigenvalue weighted by Gasteiger charge is -2.08. The number of phenols is 1. The van der Waals surface area contributed by atoms with Crippen LogP contribution in [0.4, 0.5) is 0 Å². The van der Waals surface area contributed by atoms with E-state index in [0.717, 1.165) is 16.8 Å². The number of aromatic hydroxyl groups is 1. The summed E-state index contributed by atoms with van der Waals surface area (Å²) in [6, 6.07) is 9.37. The van der Waals surface area contributed by atoms with Crippen LogP contribution in [0.2, 0.25) is 0 Å². The number of nitriles is 1. The molecule has 0 radical (unpaired) electrons. The van der Waals surface area contributed by atoms with Crippen molar-refractivity contribution in [1.82, 2.24) is 9.97 Å². The number of hydrogen-bond acceptors (Lipinski definition) is 6. The van der Waals surface area contributed by atoms with Crippen LogP contribution in [0.25, 0.3) is 22.9 Å². The maximum atomic E-state index is 10.0. The second-order valence-electron chi connectivity index (χ2n) is 5.23. The molecule has 2 heterocycles. The molecule has 0 unspecified atom stereocenters. The molecule has 26 heavy (non-hydrogen) atoms. The lowest BCUT2D eigenvalue weighted by molar-refractivity contribution is 0.317. The summed E-state index contributed by atoms with van der Waals surface area (Å²) in [6.45, 7) is 2.27. The van der Waals surface area contributed by atoms with Gasteiger partial charge in [0.1, 0.15) is 11.1 Å². The van der Waals surface area contributed by atoms with E-state index >= 15 is 0 Å². The normalized spacial score (nSPS) is 11.2. The zero-order valence-corrected chi connectivity index (χ0v) is 16.2. The van der Waals surface area contributed by atoms with Crippen molar-refractivity contribution in [3.8, 4) is 28.8 Å². The molecule has 130 valence electrons. The number of halogens is 1. The second-order valence-corrected chi connectivity index (χ2v) is 6.94. The van der Waals surface area contributed by atoms with Crippen molar-refractivity contribution in [2.45, 2.75) is 6.92 Å². The van der Waals surface area contributed by atoms with E-state index in [1.165, 1.54) is 11.3 Å². The summed E-state index contributed by atoms with van der Waals surface area (Å²) in [4.78, 5) is 8.55. The van der Waals surface area contributed by atoms with Gasteiger partial charge < -0.3 is 9.84 Å². The topological polar surface area (TPSA) is 79.0 Å². The summed E-state index contributed by atoms with van der Waals surface area (Å²) < 4.78 is 5.93. The van der Waals surface area contributed by atoms with E-state index < -0.39 is 0 Å². The molecule has 0 aliphatic rings. The van der Waals surface area contributed by atoms with E-state index in [9.17, 15) is 10.4 Å². The molecule has 0 aliphatic carbocycles. The fourth-order valence-corrected chi connectivity index (χ4v) is 3.56. The van der Waals surface area contributed by atoms with Crippen molar-refractivity contribution < 1.29 is 9.84 Å². The summed E-state index contributed by atoms with van der Waals surface area (Å²) in [5, 5.41) is 22.1. The molecule has 5 nitrogen and oxygen atoms in total. The molecule has 0 aliphatic heterocycles. The molecule has 0 saturated heterocycles. The average molecular weight is 428 g/mol. The van der Waals surface area contributed by atoms with E-state index in [1.54, 1.807) is 30.6 Å². The first kappa shape index (κ1) is 18.1. The highest BCUT2D eigenvalue weighted by Crippen LogP contribution is 2.37. The van der Waals surface area contributed by atoms with E-state index in [0.29, 0.717) is 27.4 Å². The van der Waals surface area contributed by atoms with Gasteiger partial charge in [0.05, 0.1) is 22.3 Å². The van der Waals surface area contributed by atoms with Crippen molar-refractivity contribution >= 4 is 38.9 Å². The molecule has 7 heteroatoms. The third-order valence-electron chi connectivity index (χ3n) is 3.49. The Balaban J connectivity index is 1.97. The van der Waals surface area contributed by atoms with Crippen molar-refractivity contribution in [2.24, 2.45) is 0 Å². The Hall–Kier alpha value is -2.69. The van der Waals surface area contributed by atoms with E-state index in [2.05, 4.69) is 32.0 Å². The molecule has 0 bridgehead atoms. The zero-order chi connectivity index (χ0) is 18.5. The molecular formula is C19H14BrN3O2S. The van der Waals surface area contributed by atoms with Gasteiger partial charge in [0.25, 0.3) is 0 Å². The minimum Gasteiger partial charge on any atom is -0.503 e. The van der Waals surface area contributed by atoms with Gasteiger partial charge in [0, 0.05) is 23.3 Å². The van der Waals surface area contributed by atoms with E-state index in [-0.39, 0.29) is 5.75 Å². The zero-order valence-electron chi connectivity index (χ0n) is 13.8. The fourth-order valence-electron chi connectivity index (χ4n) is 2.30. The number of benzene rings is 1. The SMILES string of the molecule is CCOc1cc(/C=C(\C#N)c2nc(-c3ccncc3)cs2)cc(Br)c1O. The van der Waals surface area contributed by atoms with Gasteiger partial charge in [0.2, 0.25) is 0 Å². The molecule has 3 aromatic rings. The van der Waals surface area contributed by atoms with E-state index in [1.807, 2.05) is 24.4 Å². The van der Waals surface area contributed by atoms with Crippen LogP contribution in [0.3, 0.4) is 0 Å². The average Bonchev–Trinajstić information content (AvgIpc) is 3.14. The number of hydrogen-bond donors (Lipinski definition) is 1. The molecule has 0 fully saturated rings. The van der Waals surface area contributed by atoms with Crippen LogP contribution in [0, 0.1) is 11.3 Å². The number of ether oxygens (including phenoxy) is 1. The largest absolute Gasteiger partial charge is 0.503 e. The van der Waals surface area contributed by atoms with Crippen molar-refractivity contribution in [2.75, 3.05) is 6.61 Å². The first-order valence-corrected chi connectivity index (χ1v) is 9.43. The molecule has 3 rings (SSSR count). The highest BCUT2D eigenvalue weighted by atomic mass is 79.9. The summed E-state index contributed by atoms with van der Waals surface area (Å²) in [5.41, 5.74) is 2.92. The van der Waals surface area contributed by atoms with Crippen LogP contribution >= 0.6 is 27.3 Å². The van der Waals surface area contributed by atoms with Gasteiger partial charge in [-0.3, -0.25) is 4.98 Å². The smallest absolute Gasteiger partial charge is 0.172 e. The standard InChI is InChI=1S/C19H14BrN3O2S/c1-2-25-17-9-12(8-15(20)18(17)24)7-14(10-21)19-23-16(11-26-19)13-3-5-22-6-4-13/h3-9,11,24H,2H2,1H3/b14-7+. The Morgan fingerprint density at radius 1 is 1.38 bits per heavy atom. The number of aromatic nitrogens is 2. The van der Waals surface area contributed by atoms with Crippen molar-refractivity contribution in [3.63, 3.8) is 0 Å². The van der Waals surface area contributed by atoms with Crippen LogP contribution in [-0.2, 0) is 0 Å². The summed E-state index contributed by atoms with van der Waals surface area (Å²) in [6.07, 6.45) is 5.14. The Bertz CT molecular complexity index is 994. The van der Waals surface area contributed by atoms with Gasteiger partial charge in [-0.2, -0.15) is 5.26 Å². The van der Waals surface area contributed by atoms with Crippen LogP contribution in [-0.4, -0.2) is 21.7 Å². The summed E-state index contributed by atoms with van der Waals surface area (Å²) in [5.74, 6) is 0.402. The summed E-state index contributed by atoms with van der Waals surface area (Å²) in [7, 11) is 0. The van der Waals surface area contributed by atoms with Crippen LogP contribution in [0.15, 0.2) is 46.5 Å². The van der Waals surface area contributed by atoms with Crippen LogP contribution in [0.1, 0.15) is 17.5 Å². The molecule has 0 atom stereocenters. The van der Waals surface area contributed by atoms with Crippen molar-refractivity contribution in [1.29, 1.82) is 5.26 Å². The Labute approximate surface area is 163 Å². The highest BCUT2D eigenvalue weighted by Gasteiger charge is 2.12. The first-order chi connectivity index (χ1) is 12.6. The summed E-state index contributed by atoms with van der Waals surface area (Å²) >= 11 is 4.71. The second kappa shape index (κ2) is 8.13. The van der Waals surface area contributed by atoms with Gasteiger partial charge in [0.15, 0.2) is 11.5 Å². The van der Waals surface area contributed by atoms with Gasteiger partial charge in [-0.15, -0.1) is 11.3 Å². The molecule has 0 amide bonds. The number of rotatable bonds is 5. The molecule has 0 spiro atoms.